The maximum absolute atomic E-state index is 11.7. The monoisotopic (exact) mass is 284 g/mol. The molecule has 1 aromatic rings. The van der Waals surface area contributed by atoms with E-state index in [1.54, 1.807) is 0 Å². The summed E-state index contributed by atoms with van der Waals surface area (Å²) in [6.45, 7) is 6.10. The number of aryl methyl sites for hydroxylation is 1. The van der Waals surface area contributed by atoms with Crippen LogP contribution in [0.2, 0.25) is 0 Å². The Kier molecular flexibility index (Phi) is 9.27. The minimum atomic E-state index is 0. The van der Waals surface area contributed by atoms with Crippen molar-refractivity contribution in [2.75, 3.05) is 25.5 Å². The first-order chi connectivity index (χ1) is 8.61. The van der Waals surface area contributed by atoms with E-state index in [1.807, 2.05) is 31.2 Å². The molecule has 0 fully saturated rings. The largest absolute Gasteiger partial charge is 0.326 e. The molecule has 0 radical (unpaired) electrons. The van der Waals surface area contributed by atoms with Crippen LogP contribution in [0.1, 0.15) is 31.7 Å². The average molecular weight is 285 g/mol. The lowest BCUT2D eigenvalue weighted by Gasteiger charge is -2.15. The number of carbonyl (C=O) groups is 1. The van der Waals surface area contributed by atoms with Crippen LogP contribution in [0, 0.1) is 6.92 Å². The maximum atomic E-state index is 11.7. The number of amides is 1. The van der Waals surface area contributed by atoms with Crippen molar-refractivity contribution in [2.24, 2.45) is 0 Å². The Labute approximate surface area is 122 Å². The minimum absolute atomic E-state index is 0. The van der Waals surface area contributed by atoms with Crippen molar-refractivity contribution in [2.45, 2.75) is 33.1 Å². The third-order valence-corrected chi connectivity index (χ3v) is 2.95. The van der Waals surface area contributed by atoms with Gasteiger partial charge in [-0.3, -0.25) is 4.79 Å². The van der Waals surface area contributed by atoms with Gasteiger partial charge in [-0.2, -0.15) is 0 Å². The summed E-state index contributed by atoms with van der Waals surface area (Å²) >= 11 is 0. The van der Waals surface area contributed by atoms with E-state index in [0.29, 0.717) is 6.42 Å². The Hall–Kier alpha value is -1.06. The van der Waals surface area contributed by atoms with E-state index >= 15 is 0 Å². The van der Waals surface area contributed by atoms with Crippen LogP contribution in [0.25, 0.3) is 0 Å². The topological polar surface area (TPSA) is 32.3 Å². The molecule has 19 heavy (non-hydrogen) atoms. The molecule has 4 heteroatoms. The molecular weight excluding hydrogens is 260 g/mol. The molecule has 0 bridgehead atoms. The first-order valence-electron chi connectivity index (χ1n) is 6.67. The lowest BCUT2D eigenvalue weighted by molar-refractivity contribution is -0.116. The Balaban J connectivity index is 0.00000324. The highest BCUT2D eigenvalue weighted by Crippen LogP contribution is 2.08. The standard InChI is InChI=1S/C15H24N2O.ClH/c1-4-5-11-17(3)12-10-15(18)16-14-8-6-13(2)7-9-14;/h6-9H,4-5,10-12H2,1-3H3,(H,16,18);1H. The number of hydrogen-bond donors (Lipinski definition) is 1. The Bertz CT molecular complexity index is 365. The van der Waals surface area contributed by atoms with E-state index < -0.39 is 0 Å². The van der Waals surface area contributed by atoms with Crippen molar-refractivity contribution in [3.05, 3.63) is 29.8 Å². The van der Waals surface area contributed by atoms with Gasteiger partial charge in [0.2, 0.25) is 5.91 Å². The number of carbonyl (C=O) groups excluding carboxylic acids is 1. The van der Waals surface area contributed by atoms with Gasteiger partial charge < -0.3 is 10.2 Å². The highest BCUT2D eigenvalue weighted by atomic mass is 35.5. The normalized spacial score (nSPS) is 10.1. The zero-order chi connectivity index (χ0) is 13.4. The summed E-state index contributed by atoms with van der Waals surface area (Å²) in [4.78, 5) is 13.9. The third kappa shape index (κ3) is 7.85. The fourth-order valence-electron chi connectivity index (χ4n) is 1.69. The molecule has 0 aliphatic heterocycles. The van der Waals surface area contributed by atoms with Gasteiger partial charge in [0.05, 0.1) is 0 Å². The second-order valence-electron chi connectivity index (χ2n) is 4.82. The van der Waals surface area contributed by atoms with E-state index in [2.05, 4.69) is 24.2 Å². The van der Waals surface area contributed by atoms with Crippen LogP contribution in [0.3, 0.4) is 0 Å². The van der Waals surface area contributed by atoms with Crippen LogP contribution in [-0.2, 0) is 4.79 Å². The van der Waals surface area contributed by atoms with Crippen LogP contribution in [0.5, 0.6) is 0 Å². The zero-order valence-corrected chi connectivity index (χ0v) is 12.9. The SMILES string of the molecule is CCCCN(C)CCC(=O)Nc1ccc(C)cc1.Cl. The summed E-state index contributed by atoms with van der Waals surface area (Å²) in [5.74, 6) is 0.0854. The van der Waals surface area contributed by atoms with Crippen molar-refractivity contribution in [3.8, 4) is 0 Å². The summed E-state index contributed by atoms with van der Waals surface area (Å²) in [6, 6.07) is 7.88. The van der Waals surface area contributed by atoms with Crippen molar-refractivity contribution >= 4 is 24.0 Å². The fraction of sp³-hybridized carbons (Fsp3) is 0.533. The first-order valence-corrected chi connectivity index (χ1v) is 6.67. The van der Waals surface area contributed by atoms with Gasteiger partial charge >= 0.3 is 0 Å². The highest BCUT2D eigenvalue weighted by molar-refractivity contribution is 5.90. The van der Waals surface area contributed by atoms with Crippen LogP contribution in [0.4, 0.5) is 5.69 Å². The van der Waals surface area contributed by atoms with Crippen molar-refractivity contribution < 1.29 is 4.79 Å². The van der Waals surface area contributed by atoms with E-state index in [-0.39, 0.29) is 18.3 Å². The predicted molar refractivity (Wildman–Crippen MR) is 84.1 cm³/mol. The lowest BCUT2D eigenvalue weighted by atomic mass is 10.2. The predicted octanol–water partition coefficient (Wildman–Crippen LogP) is 3.48. The molecule has 0 unspecified atom stereocenters. The van der Waals surface area contributed by atoms with Crippen molar-refractivity contribution in [3.63, 3.8) is 0 Å². The molecule has 0 saturated carbocycles. The highest BCUT2D eigenvalue weighted by Gasteiger charge is 2.04. The van der Waals surface area contributed by atoms with E-state index in [4.69, 9.17) is 0 Å². The van der Waals surface area contributed by atoms with Crippen molar-refractivity contribution in [1.82, 2.24) is 4.90 Å². The van der Waals surface area contributed by atoms with E-state index in [0.717, 1.165) is 18.8 Å². The molecule has 0 aliphatic rings. The van der Waals surface area contributed by atoms with Gasteiger partial charge in [-0.15, -0.1) is 12.4 Å². The summed E-state index contributed by atoms with van der Waals surface area (Å²) in [6.07, 6.45) is 2.93. The number of hydrogen-bond acceptors (Lipinski definition) is 2. The molecule has 3 nitrogen and oxygen atoms in total. The molecule has 0 heterocycles. The number of halogens is 1. The van der Waals surface area contributed by atoms with Crippen LogP contribution >= 0.6 is 12.4 Å². The summed E-state index contributed by atoms with van der Waals surface area (Å²) in [5, 5.41) is 2.91. The molecule has 0 aliphatic carbocycles. The van der Waals surface area contributed by atoms with Gasteiger partial charge in [-0.05, 0) is 39.1 Å². The molecule has 1 amide bonds. The summed E-state index contributed by atoms with van der Waals surface area (Å²) in [5.41, 5.74) is 2.08. The molecule has 1 rings (SSSR count). The first kappa shape index (κ1) is 17.9. The molecular formula is C15H25ClN2O. The zero-order valence-electron chi connectivity index (χ0n) is 12.1. The third-order valence-electron chi connectivity index (χ3n) is 2.95. The molecule has 0 spiro atoms. The van der Waals surface area contributed by atoms with Gasteiger partial charge in [-0.1, -0.05) is 31.0 Å². The summed E-state index contributed by atoms with van der Waals surface area (Å²) in [7, 11) is 2.06. The Morgan fingerprint density at radius 3 is 2.42 bits per heavy atom. The molecule has 0 aromatic heterocycles. The summed E-state index contributed by atoms with van der Waals surface area (Å²) < 4.78 is 0. The molecule has 0 atom stereocenters. The van der Waals surface area contributed by atoms with Crippen LogP contribution in [-0.4, -0.2) is 30.9 Å². The lowest BCUT2D eigenvalue weighted by Crippen LogP contribution is -2.25. The van der Waals surface area contributed by atoms with Gasteiger partial charge in [0, 0.05) is 18.7 Å². The molecule has 0 saturated heterocycles. The van der Waals surface area contributed by atoms with E-state index in [9.17, 15) is 4.79 Å². The number of unbranched alkanes of at least 4 members (excludes halogenated alkanes) is 1. The Morgan fingerprint density at radius 1 is 1.21 bits per heavy atom. The molecule has 1 aromatic carbocycles. The number of benzene rings is 1. The second kappa shape index (κ2) is 9.82. The average Bonchev–Trinajstić information content (AvgIpc) is 2.36. The second-order valence-corrected chi connectivity index (χ2v) is 4.82. The van der Waals surface area contributed by atoms with Crippen LogP contribution < -0.4 is 5.32 Å². The van der Waals surface area contributed by atoms with Gasteiger partial charge in [0.25, 0.3) is 0 Å². The number of rotatable bonds is 7. The van der Waals surface area contributed by atoms with Crippen LogP contribution in [0.15, 0.2) is 24.3 Å². The number of anilines is 1. The van der Waals surface area contributed by atoms with Gasteiger partial charge in [0.15, 0.2) is 0 Å². The smallest absolute Gasteiger partial charge is 0.225 e. The van der Waals surface area contributed by atoms with Crippen molar-refractivity contribution in [1.29, 1.82) is 0 Å². The quantitative estimate of drug-likeness (QED) is 0.831. The van der Waals surface area contributed by atoms with Gasteiger partial charge in [-0.25, -0.2) is 0 Å². The number of nitrogens with one attached hydrogen (secondary N) is 1. The molecule has 108 valence electrons. The number of nitrogens with zero attached hydrogens (tertiary/aromatic N) is 1. The molecule has 1 N–H and O–H groups in total. The van der Waals surface area contributed by atoms with E-state index in [1.165, 1.54) is 18.4 Å². The van der Waals surface area contributed by atoms with Gasteiger partial charge in [0.1, 0.15) is 0 Å². The fourth-order valence-corrected chi connectivity index (χ4v) is 1.69. The maximum Gasteiger partial charge on any atom is 0.225 e. The Morgan fingerprint density at radius 2 is 1.84 bits per heavy atom. The minimum Gasteiger partial charge on any atom is -0.326 e.